The molecule has 1 N–H and O–H groups in total. The van der Waals surface area contributed by atoms with Crippen molar-refractivity contribution in [3.8, 4) is 0 Å². The van der Waals surface area contributed by atoms with Gasteiger partial charge >= 0.3 is 0 Å². The van der Waals surface area contributed by atoms with Crippen LogP contribution in [-0.4, -0.2) is 17.8 Å². The van der Waals surface area contributed by atoms with Gasteiger partial charge in [-0.25, -0.2) is 0 Å². The summed E-state index contributed by atoms with van der Waals surface area (Å²) in [7, 11) is 0. The van der Waals surface area contributed by atoms with Crippen LogP contribution in [0, 0.1) is 5.92 Å². The molecule has 0 bridgehead atoms. The van der Waals surface area contributed by atoms with Gasteiger partial charge in [0.15, 0.2) is 0 Å². The molecule has 2 aliphatic carbocycles. The Morgan fingerprint density at radius 1 is 1.18 bits per heavy atom. The van der Waals surface area contributed by atoms with Crippen LogP contribution in [0.1, 0.15) is 42.9 Å². The van der Waals surface area contributed by atoms with Crippen molar-refractivity contribution in [1.82, 2.24) is 0 Å². The van der Waals surface area contributed by atoms with Crippen LogP contribution in [-0.2, 0) is 11.2 Å². The van der Waals surface area contributed by atoms with E-state index in [4.69, 9.17) is 4.74 Å². The molecular formula is C15H20O2. The molecule has 3 rings (SSSR count). The average molecular weight is 232 g/mol. The van der Waals surface area contributed by atoms with E-state index in [0.29, 0.717) is 0 Å². The van der Waals surface area contributed by atoms with E-state index in [9.17, 15) is 5.11 Å². The standard InChI is InChI=1S/C15H20O2/c16-15-13-8-4-3-7-12(13)9-14(15)17-10-11-5-1-2-6-11/h3-4,7-8,11,14-16H,1-2,5-6,9-10H2. The second-order valence-corrected chi connectivity index (χ2v) is 5.37. The highest BCUT2D eigenvalue weighted by molar-refractivity contribution is 5.35. The Hall–Kier alpha value is -0.860. The Bertz CT molecular complexity index is 382. The molecule has 1 fully saturated rings. The van der Waals surface area contributed by atoms with E-state index in [-0.39, 0.29) is 6.10 Å². The molecule has 2 nitrogen and oxygen atoms in total. The largest absolute Gasteiger partial charge is 0.386 e. The maximum absolute atomic E-state index is 10.2. The SMILES string of the molecule is OC1c2ccccc2CC1OCC1CCCC1. The van der Waals surface area contributed by atoms with Crippen LogP contribution in [0.2, 0.25) is 0 Å². The van der Waals surface area contributed by atoms with Gasteiger partial charge in [-0.15, -0.1) is 0 Å². The summed E-state index contributed by atoms with van der Waals surface area (Å²) >= 11 is 0. The molecule has 1 saturated carbocycles. The molecule has 2 heteroatoms. The number of rotatable bonds is 3. The predicted octanol–water partition coefficient (Wildman–Crippen LogP) is 2.85. The molecule has 2 unspecified atom stereocenters. The zero-order chi connectivity index (χ0) is 11.7. The molecule has 2 aliphatic rings. The Morgan fingerprint density at radius 3 is 2.71 bits per heavy atom. The van der Waals surface area contributed by atoms with Crippen LogP contribution >= 0.6 is 0 Å². The quantitative estimate of drug-likeness (QED) is 0.868. The van der Waals surface area contributed by atoms with Gasteiger partial charge in [-0.3, -0.25) is 0 Å². The van der Waals surface area contributed by atoms with Crippen LogP contribution in [0.25, 0.3) is 0 Å². The first-order valence-corrected chi connectivity index (χ1v) is 6.72. The van der Waals surface area contributed by atoms with E-state index in [0.717, 1.165) is 24.5 Å². The molecule has 17 heavy (non-hydrogen) atoms. The normalized spacial score (nSPS) is 28.5. The predicted molar refractivity (Wildman–Crippen MR) is 66.8 cm³/mol. The first-order valence-electron chi connectivity index (χ1n) is 6.72. The minimum Gasteiger partial charge on any atom is -0.386 e. The molecule has 1 aromatic rings. The smallest absolute Gasteiger partial charge is 0.106 e. The van der Waals surface area contributed by atoms with E-state index in [1.807, 2.05) is 18.2 Å². The first kappa shape index (κ1) is 11.2. The number of hydrogen-bond donors (Lipinski definition) is 1. The van der Waals surface area contributed by atoms with Crippen LogP contribution < -0.4 is 0 Å². The zero-order valence-electron chi connectivity index (χ0n) is 10.1. The van der Waals surface area contributed by atoms with Crippen LogP contribution in [0.4, 0.5) is 0 Å². The molecular weight excluding hydrogens is 212 g/mol. The van der Waals surface area contributed by atoms with Crippen molar-refractivity contribution in [2.45, 2.75) is 44.3 Å². The lowest BCUT2D eigenvalue weighted by atomic mass is 10.1. The van der Waals surface area contributed by atoms with Gasteiger partial charge in [0.25, 0.3) is 0 Å². The van der Waals surface area contributed by atoms with E-state index in [1.54, 1.807) is 0 Å². The minimum absolute atomic E-state index is 0.0204. The Morgan fingerprint density at radius 2 is 1.94 bits per heavy atom. The second kappa shape index (κ2) is 4.79. The lowest BCUT2D eigenvalue weighted by Gasteiger charge is -2.18. The fourth-order valence-electron chi connectivity index (χ4n) is 3.12. The summed E-state index contributed by atoms with van der Waals surface area (Å²) < 4.78 is 5.93. The summed E-state index contributed by atoms with van der Waals surface area (Å²) in [6, 6.07) is 8.13. The van der Waals surface area contributed by atoms with Gasteiger partial charge < -0.3 is 9.84 Å². The fourth-order valence-corrected chi connectivity index (χ4v) is 3.12. The third kappa shape index (κ3) is 2.24. The van der Waals surface area contributed by atoms with Crippen molar-refractivity contribution >= 4 is 0 Å². The topological polar surface area (TPSA) is 29.5 Å². The molecule has 1 aromatic carbocycles. The Balaban J connectivity index is 1.59. The highest BCUT2D eigenvalue weighted by Gasteiger charge is 2.31. The van der Waals surface area contributed by atoms with Gasteiger partial charge in [-0.1, -0.05) is 37.1 Å². The number of aliphatic hydroxyl groups is 1. The summed E-state index contributed by atoms with van der Waals surface area (Å²) in [5.41, 5.74) is 2.31. The number of ether oxygens (including phenoxy) is 1. The lowest BCUT2D eigenvalue weighted by Crippen LogP contribution is -2.21. The molecule has 2 atom stereocenters. The Kier molecular flexibility index (Phi) is 3.17. The number of benzene rings is 1. The van der Waals surface area contributed by atoms with Crippen LogP contribution in [0.5, 0.6) is 0 Å². The van der Waals surface area contributed by atoms with Crippen LogP contribution in [0.3, 0.4) is 0 Å². The van der Waals surface area contributed by atoms with Crippen molar-refractivity contribution in [3.63, 3.8) is 0 Å². The molecule has 0 spiro atoms. The van der Waals surface area contributed by atoms with E-state index < -0.39 is 6.10 Å². The van der Waals surface area contributed by atoms with Crippen LogP contribution in [0.15, 0.2) is 24.3 Å². The second-order valence-electron chi connectivity index (χ2n) is 5.37. The third-order valence-corrected chi connectivity index (χ3v) is 4.17. The molecule has 0 radical (unpaired) electrons. The van der Waals surface area contributed by atoms with Crippen molar-refractivity contribution < 1.29 is 9.84 Å². The average Bonchev–Trinajstić information content (AvgIpc) is 2.96. The van der Waals surface area contributed by atoms with Crippen molar-refractivity contribution in [2.75, 3.05) is 6.61 Å². The van der Waals surface area contributed by atoms with Gasteiger partial charge in [0, 0.05) is 13.0 Å². The maximum Gasteiger partial charge on any atom is 0.106 e. The summed E-state index contributed by atoms with van der Waals surface area (Å²) in [6.07, 6.45) is 5.72. The van der Waals surface area contributed by atoms with Gasteiger partial charge in [-0.05, 0) is 29.9 Å². The minimum atomic E-state index is -0.424. The first-order chi connectivity index (χ1) is 8.34. The third-order valence-electron chi connectivity index (χ3n) is 4.17. The maximum atomic E-state index is 10.2. The lowest BCUT2D eigenvalue weighted by molar-refractivity contribution is -0.0400. The summed E-state index contributed by atoms with van der Waals surface area (Å²) in [4.78, 5) is 0. The Labute approximate surface area is 103 Å². The fraction of sp³-hybridized carbons (Fsp3) is 0.600. The van der Waals surface area contributed by atoms with E-state index in [1.165, 1.54) is 31.2 Å². The van der Waals surface area contributed by atoms with E-state index >= 15 is 0 Å². The zero-order valence-corrected chi connectivity index (χ0v) is 10.1. The monoisotopic (exact) mass is 232 g/mol. The van der Waals surface area contributed by atoms with Crippen molar-refractivity contribution in [1.29, 1.82) is 0 Å². The van der Waals surface area contributed by atoms with E-state index in [2.05, 4.69) is 6.07 Å². The summed E-state index contributed by atoms with van der Waals surface area (Å²) in [6.45, 7) is 0.829. The number of aliphatic hydroxyl groups excluding tert-OH is 1. The summed E-state index contributed by atoms with van der Waals surface area (Å²) in [5.74, 6) is 0.728. The highest BCUT2D eigenvalue weighted by Crippen LogP contribution is 2.34. The molecule has 0 heterocycles. The van der Waals surface area contributed by atoms with Crippen molar-refractivity contribution in [2.24, 2.45) is 5.92 Å². The molecule has 92 valence electrons. The van der Waals surface area contributed by atoms with Gasteiger partial charge in [0.2, 0.25) is 0 Å². The van der Waals surface area contributed by atoms with Gasteiger partial charge in [-0.2, -0.15) is 0 Å². The number of hydrogen-bond acceptors (Lipinski definition) is 2. The molecule has 0 amide bonds. The molecule has 0 aliphatic heterocycles. The molecule has 0 aromatic heterocycles. The molecule has 0 saturated heterocycles. The van der Waals surface area contributed by atoms with Crippen molar-refractivity contribution in [3.05, 3.63) is 35.4 Å². The number of fused-ring (bicyclic) bond motifs is 1. The van der Waals surface area contributed by atoms with Gasteiger partial charge in [0.05, 0.1) is 6.10 Å². The summed E-state index contributed by atoms with van der Waals surface area (Å²) in [5, 5.41) is 10.2. The van der Waals surface area contributed by atoms with Gasteiger partial charge in [0.1, 0.15) is 6.10 Å². The highest BCUT2D eigenvalue weighted by atomic mass is 16.5.